The van der Waals surface area contributed by atoms with Crippen molar-refractivity contribution >= 4 is 37.5 Å². The minimum atomic E-state index is -0.468. The zero-order valence-electron chi connectivity index (χ0n) is 11.0. The van der Waals surface area contributed by atoms with E-state index in [4.69, 9.17) is 9.47 Å². The van der Waals surface area contributed by atoms with Crippen LogP contribution >= 0.6 is 31.9 Å². The van der Waals surface area contributed by atoms with E-state index in [2.05, 4.69) is 31.9 Å². The second-order valence-corrected chi connectivity index (χ2v) is 5.81. The van der Waals surface area contributed by atoms with Gasteiger partial charge >= 0.3 is 5.69 Å². The second-order valence-electron chi connectivity index (χ2n) is 4.10. The summed E-state index contributed by atoms with van der Waals surface area (Å²) >= 11 is 6.66. The van der Waals surface area contributed by atoms with Gasteiger partial charge in [-0.25, -0.2) is 0 Å². The van der Waals surface area contributed by atoms with E-state index in [9.17, 15) is 10.1 Å². The Morgan fingerprint density at radius 2 is 1.95 bits per heavy atom. The van der Waals surface area contributed by atoms with Gasteiger partial charge in [-0.1, -0.05) is 12.1 Å². The molecule has 0 bridgehead atoms. The predicted molar refractivity (Wildman–Crippen MR) is 85.8 cm³/mol. The van der Waals surface area contributed by atoms with Crippen molar-refractivity contribution in [2.24, 2.45) is 0 Å². The van der Waals surface area contributed by atoms with Gasteiger partial charge in [-0.2, -0.15) is 0 Å². The van der Waals surface area contributed by atoms with Crippen molar-refractivity contribution in [3.63, 3.8) is 0 Å². The van der Waals surface area contributed by atoms with Crippen molar-refractivity contribution in [1.82, 2.24) is 0 Å². The number of hydrogen-bond acceptors (Lipinski definition) is 4. The molecule has 2 aromatic carbocycles. The van der Waals surface area contributed by atoms with Crippen LogP contribution in [0.2, 0.25) is 0 Å². The lowest BCUT2D eigenvalue weighted by atomic mass is 10.2. The Morgan fingerprint density at radius 3 is 2.57 bits per heavy atom. The first-order valence-electron chi connectivity index (χ1n) is 5.91. The van der Waals surface area contributed by atoms with Crippen molar-refractivity contribution in [3.05, 3.63) is 61.0 Å². The molecule has 2 rings (SSSR count). The molecule has 21 heavy (non-hydrogen) atoms. The molecular formula is C14H11Br2NO4. The summed E-state index contributed by atoms with van der Waals surface area (Å²) in [6, 6.07) is 10.2. The average molecular weight is 417 g/mol. The molecule has 0 amide bonds. The van der Waals surface area contributed by atoms with Gasteiger partial charge in [0.25, 0.3) is 0 Å². The maximum absolute atomic E-state index is 11.0. The highest BCUT2D eigenvalue weighted by atomic mass is 79.9. The molecule has 0 N–H and O–H groups in total. The van der Waals surface area contributed by atoms with Crippen molar-refractivity contribution in [2.75, 3.05) is 7.11 Å². The first-order valence-corrected chi connectivity index (χ1v) is 7.49. The van der Waals surface area contributed by atoms with E-state index in [0.29, 0.717) is 10.2 Å². The molecule has 0 aliphatic heterocycles. The molecule has 0 aliphatic carbocycles. The predicted octanol–water partition coefficient (Wildman–Crippen LogP) is 4.71. The minimum absolute atomic E-state index is 0.0723. The highest BCUT2D eigenvalue weighted by Crippen LogP contribution is 2.35. The van der Waals surface area contributed by atoms with Crippen LogP contribution in [-0.2, 0) is 6.61 Å². The third kappa shape index (κ3) is 3.74. The first kappa shape index (κ1) is 15.8. The number of nitrogens with zero attached hydrogens (tertiary/aromatic N) is 1. The SMILES string of the molecule is COc1ccc(COc2c(Br)cccc2[N+](=O)[O-])cc1Br. The fourth-order valence-corrected chi connectivity index (χ4v) is 2.80. The van der Waals surface area contributed by atoms with Crippen LogP contribution in [0, 0.1) is 10.1 Å². The number of nitro groups is 1. The molecule has 110 valence electrons. The molecule has 0 aromatic heterocycles. The zero-order chi connectivity index (χ0) is 15.4. The van der Waals surface area contributed by atoms with Crippen LogP contribution in [0.4, 0.5) is 5.69 Å². The molecule has 0 heterocycles. The minimum Gasteiger partial charge on any atom is -0.496 e. The number of hydrogen-bond donors (Lipinski definition) is 0. The van der Waals surface area contributed by atoms with Gasteiger partial charge < -0.3 is 9.47 Å². The number of ether oxygens (including phenoxy) is 2. The van der Waals surface area contributed by atoms with Gasteiger partial charge in [0.05, 0.1) is 21.0 Å². The standard InChI is InChI=1S/C14H11Br2NO4/c1-20-13-6-5-9(7-11(13)16)8-21-14-10(15)3-2-4-12(14)17(18)19/h2-7H,8H2,1H3. The lowest BCUT2D eigenvalue weighted by Gasteiger charge is -2.10. The van der Waals surface area contributed by atoms with Gasteiger partial charge in [-0.05, 0) is 55.6 Å². The molecule has 0 radical (unpaired) electrons. The number of benzene rings is 2. The molecule has 7 heteroatoms. The Hall–Kier alpha value is -1.60. The molecule has 0 aliphatic rings. The Kier molecular flexibility index (Phi) is 5.19. The molecular weight excluding hydrogens is 406 g/mol. The molecule has 2 aromatic rings. The quantitative estimate of drug-likeness (QED) is 0.523. The van der Waals surface area contributed by atoms with E-state index in [0.717, 1.165) is 10.0 Å². The van der Waals surface area contributed by atoms with E-state index >= 15 is 0 Å². The van der Waals surface area contributed by atoms with Gasteiger partial charge in [-0.15, -0.1) is 0 Å². The van der Waals surface area contributed by atoms with E-state index in [1.807, 2.05) is 12.1 Å². The summed E-state index contributed by atoms with van der Waals surface area (Å²) in [7, 11) is 1.58. The lowest BCUT2D eigenvalue weighted by molar-refractivity contribution is -0.386. The van der Waals surface area contributed by atoms with Crippen molar-refractivity contribution < 1.29 is 14.4 Å². The third-order valence-electron chi connectivity index (χ3n) is 2.74. The van der Waals surface area contributed by atoms with Crippen LogP contribution in [0.5, 0.6) is 11.5 Å². The van der Waals surface area contributed by atoms with Crippen molar-refractivity contribution in [2.45, 2.75) is 6.61 Å². The number of methoxy groups -OCH3 is 1. The van der Waals surface area contributed by atoms with Crippen LogP contribution in [0.3, 0.4) is 0 Å². The average Bonchev–Trinajstić information content (AvgIpc) is 2.45. The van der Waals surface area contributed by atoms with E-state index in [-0.39, 0.29) is 18.0 Å². The maximum atomic E-state index is 11.0. The summed E-state index contributed by atoms with van der Waals surface area (Å²) in [4.78, 5) is 10.5. The lowest BCUT2D eigenvalue weighted by Crippen LogP contribution is -2.00. The highest BCUT2D eigenvalue weighted by molar-refractivity contribution is 9.10. The number of halogens is 2. The Balaban J connectivity index is 2.20. The van der Waals surface area contributed by atoms with Crippen LogP contribution in [0.25, 0.3) is 0 Å². The second kappa shape index (κ2) is 6.91. The van der Waals surface area contributed by atoms with E-state index in [1.54, 1.807) is 25.3 Å². The van der Waals surface area contributed by atoms with Gasteiger partial charge in [0, 0.05) is 6.07 Å². The van der Waals surface area contributed by atoms with Crippen LogP contribution in [-0.4, -0.2) is 12.0 Å². The summed E-state index contributed by atoms with van der Waals surface area (Å²) in [5.41, 5.74) is 0.796. The van der Waals surface area contributed by atoms with Crippen LogP contribution in [0.15, 0.2) is 45.3 Å². The van der Waals surface area contributed by atoms with Crippen LogP contribution in [0.1, 0.15) is 5.56 Å². The summed E-state index contributed by atoms with van der Waals surface area (Å²) in [5.74, 6) is 0.931. The normalized spacial score (nSPS) is 10.2. The molecule has 0 saturated heterocycles. The summed E-state index contributed by atoms with van der Waals surface area (Å²) < 4.78 is 12.1. The summed E-state index contributed by atoms with van der Waals surface area (Å²) in [5, 5.41) is 11.0. The maximum Gasteiger partial charge on any atom is 0.312 e. The molecule has 0 atom stereocenters. The summed E-state index contributed by atoms with van der Waals surface area (Å²) in [6.07, 6.45) is 0. The van der Waals surface area contributed by atoms with Crippen molar-refractivity contribution in [3.8, 4) is 11.5 Å². The fourth-order valence-electron chi connectivity index (χ4n) is 1.74. The monoisotopic (exact) mass is 415 g/mol. The topological polar surface area (TPSA) is 61.6 Å². The third-order valence-corrected chi connectivity index (χ3v) is 3.99. The van der Waals surface area contributed by atoms with Gasteiger partial charge in [0.2, 0.25) is 5.75 Å². The largest absolute Gasteiger partial charge is 0.496 e. The smallest absolute Gasteiger partial charge is 0.312 e. The Labute approximate surface area is 138 Å². The Bertz CT molecular complexity index is 676. The van der Waals surface area contributed by atoms with E-state index < -0.39 is 4.92 Å². The Morgan fingerprint density at radius 1 is 1.19 bits per heavy atom. The first-order chi connectivity index (χ1) is 10.0. The van der Waals surface area contributed by atoms with E-state index in [1.165, 1.54) is 6.07 Å². The molecule has 5 nitrogen and oxygen atoms in total. The van der Waals surface area contributed by atoms with Gasteiger partial charge in [0.15, 0.2) is 0 Å². The molecule has 0 spiro atoms. The molecule has 0 fully saturated rings. The number of nitro benzene ring substituents is 1. The van der Waals surface area contributed by atoms with Gasteiger partial charge in [-0.3, -0.25) is 10.1 Å². The molecule has 0 saturated carbocycles. The highest BCUT2D eigenvalue weighted by Gasteiger charge is 2.18. The summed E-state index contributed by atoms with van der Waals surface area (Å²) in [6.45, 7) is 0.214. The zero-order valence-corrected chi connectivity index (χ0v) is 14.2. The fraction of sp³-hybridized carbons (Fsp3) is 0.143. The van der Waals surface area contributed by atoms with Crippen LogP contribution < -0.4 is 9.47 Å². The van der Waals surface area contributed by atoms with Gasteiger partial charge in [0.1, 0.15) is 12.4 Å². The van der Waals surface area contributed by atoms with Crippen molar-refractivity contribution in [1.29, 1.82) is 0 Å². The number of rotatable bonds is 5. The molecule has 0 unspecified atom stereocenters. The number of para-hydroxylation sites is 1.